The Balaban J connectivity index is 1.16. The van der Waals surface area contributed by atoms with Gasteiger partial charge < -0.3 is 9.64 Å². The minimum Gasteiger partial charge on any atom is -0.487 e. The minimum absolute atomic E-state index is 0.121. The molecule has 0 radical (unpaired) electrons. The van der Waals surface area contributed by atoms with Gasteiger partial charge in [0.05, 0.1) is 6.54 Å². The molecule has 1 amide bonds. The largest absolute Gasteiger partial charge is 0.487 e. The molecular formula is C34H33F3N2O2. The summed E-state index contributed by atoms with van der Waals surface area (Å²) >= 11 is 0. The number of benzene rings is 4. The SMILES string of the molecule is O=C(c1ccc(OCC(F)(F)CN(Cc2ccccc2)Cc2ccccc2)cc1)N1CC[C@H](c2ccc(F)cc2)C1. The molecule has 0 bridgehead atoms. The summed E-state index contributed by atoms with van der Waals surface area (Å²) in [6.07, 6.45) is 0.805. The van der Waals surface area contributed by atoms with E-state index >= 15 is 8.78 Å². The van der Waals surface area contributed by atoms with Crippen molar-refractivity contribution in [3.8, 4) is 5.75 Å². The molecule has 0 aliphatic carbocycles. The predicted molar refractivity (Wildman–Crippen MR) is 154 cm³/mol. The number of halogens is 3. The van der Waals surface area contributed by atoms with Gasteiger partial charge in [-0.15, -0.1) is 0 Å². The number of amides is 1. The lowest BCUT2D eigenvalue weighted by molar-refractivity contribution is -0.0685. The molecule has 1 aliphatic heterocycles. The van der Waals surface area contributed by atoms with E-state index in [4.69, 9.17) is 4.74 Å². The molecule has 7 heteroatoms. The van der Waals surface area contributed by atoms with Crippen molar-refractivity contribution in [3.05, 3.63) is 137 Å². The first-order valence-corrected chi connectivity index (χ1v) is 13.8. The molecule has 0 unspecified atom stereocenters. The maximum Gasteiger partial charge on any atom is 0.293 e. The molecule has 0 aromatic heterocycles. The molecule has 1 aliphatic rings. The van der Waals surface area contributed by atoms with Crippen molar-refractivity contribution in [2.45, 2.75) is 31.4 Å². The van der Waals surface area contributed by atoms with Crippen LogP contribution in [0.4, 0.5) is 13.2 Å². The summed E-state index contributed by atoms with van der Waals surface area (Å²) in [4.78, 5) is 16.5. The summed E-state index contributed by atoms with van der Waals surface area (Å²) < 4.78 is 49.0. The molecular weight excluding hydrogens is 525 g/mol. The number of alkyl halides is 2. The minimum atomic E-state index is -3.09. The van der Waals surface area contributed by atoms with E-state index in [2.05, 4.69) is 0 Å². The van der Waals surface area contributed by atoms with Gasteiger partial charge in [-0.05, 0) is 59.5 Å². The van der Waals surface area contributed by atoms with Gasteiger partial charge in [-0.2, -0.15) is 0 Å². The summed E-state index contributed by atoms with van der Waals surface area (Å²) in [5, 5.41) is 0. The number of carbonyl (C=O) groups excluding carboxylic acids is 1. The van der Waals surface area contributed by atoms with Crippen LogP contribution in [0.3, 0.4) is 0 Å². The van der Waals surface area contributed by atoms with Crippen molar-refractivity contribution in [2.24, 2.45) is 0 Å². The quantitative estimate of drug-likeness (QED) is 0.196. The first-order chi connectivity index (χ1) is 19.8. The van der Waals surface area contributed by atoms with Gasteiger partial charge in [0.1, 0.15) is 11.6 Å². The number of ether oxygens (including phenoxy) is 1. The lowest BCUT2D eigenvalue weighted by Crippen LogP contribution is -2.40. The van der Waals surface area contributed by atoms with E-state index < -0.39 is 19.1 Å². The van der Waals surface area contributed by atoms with Crippen LogP contribution in [0.2, 0.25) is 0 Å². The lowest BCUT2D eigenvalue weighted by atomic mass is 9.99. The first kappa shape index (κ1) is 28.4. The molecule has 0 saturated carbocycles. The molecule has 1 atom stereocenters. The fraction of sp³-hybridized carbons (Fsp3) is 0.265. The molecule has 4 aromatic carbocycles. The molecule has 0 N–H and O–H groups in total. The van der Waals surface area contributed by atoms with E-state index in [0.29, 0.717) is 31.7 Å². The molecule has 1 fully saturated rings. The maximum atomic E-state index is 15.1. The van der Waals surface area contributed by atoms with Crippen LogP contribution in [0.25, 0.3) is 0 Å². The zero-order valence-electron chi connectivity index (χ0n) is 22.8. The summed E-state index contributed by atoms with van der Waals surface area (Å²) in [6, 6.07) is 31.9. The lowest BCUT2D eigenvalue weighted by Gasteiger charge is -2.27. The zero-order chi connectivity index (χ0) is 28.7. The van der Waals surface area contributed by atoms with Crippen LogP contribution < -0.4 is 4.74 Å². The van der Waals surface area contributed by atoms with Gasteiger partial charge in [0.25, 0.3) is 11.8 Å². The van der Waals surface area contributed by atoms with Crippen molar-refractivity contribution in [3.63, 3.8) is 0 Å². The summed E-state index contributed by atoms with van der Waals surface area (Å²) in [5.74, 6) is -3.05. The van der Waals surface area contributed by atoms with E-state index in [-0.39, 0.29) is 23.4 Å². The van der Waals surface area contributed by atoms with Gasteiger partial charge in [-0.3, -0.25) is 9.69 Å². The van der Waals surface area contributed by atoms with Crippen LogP contribution in [0.5, 0.6) is 5.75 Å². The predicted octanol–water partition coefficient (Wildman–Crippen LogP) is 7.17. The molecule has 5 rings (SSSR count). The van der Waals surface area contributed by atoms with Gasteiger partial charge >= 0.3 is 0 Å². The average Bonchev–Trinajstić information content (AvgIpc) is 3.48. The van der Waals surface area contributed by atoms with Crippen molar-refractivity contribution in [2.75, 3.05) is 26.2 Å². The Hall–Kier alpha value is -4.10. The molecule has 1 saturated heterocycles. The van der Waals surface area contributed by atoms with Crippen molar-refractivity contribution >= 4 is 5.91 Å². The molecule has 1 heterocycles. The first-order valence-electron chi connectivity index (χ1n) is 13.8. The van der Waals surface area contributed by atoms with Crippen LogP contribution in [0, 0.1) is 5.82 Å². The normalized spacial score (nSPS) is 15.3. The Kier molecular flexibility index (Phi) is 9.04. The van der Waals surface area contributed by atoms with E-state index in [1.54, 1.807) is 46.2 Å². The fourth-order valence-electron chi connectivity index (χ4n) is 5.24. The number of rotatable bonds is 11. The monoisotopic (exact) mass is 558 g/mol. The standard InChI is InChI=1S/C34H33F3N2O2/c35-31-15-11-28(12-16-31)30-19-20-39(23-30)33(40)29-13-17-32(18-14-29)41-25-34(36,37)24-38(21-26-7-3-1-4-8-26)22-27-9-5-2-6-10-27/h1-18,30H,19-25H2/t30-/m0/s1. The molecule has 4 nitrogen and oxygen atoms in total. The number of nitrogens with zero attached hydrogens (tertiary/aromatic N) is 2. The molecule has 212 valence electrons. The Morgan fingerprint density at radius 1 is 0.829 bits per heavy atom. The van der Waals surface area contributed by atoms with Crippen molar-refractivity contribution in [1.82, 2.24) is 9.80 Å². The number of hydrogen-bond donors (Lipinski definition) is 0. The Bertz CT molecular complexity index is 1360. The molecule has 4 aromatic rings. The average molecular weight is 559 g/mol. The van der Waals surface area contributed by atoms with Crippen LogP contribution in [0.1, 0.15) is 39.4 Å². The Morgan fingerprint density at radius 2 is 1.41 bits per heavy atom. The van der Waals surface area contributed by atoms with Gasteiger partial charge in [-0.1, -0.05) is 72.8 Å². The highest BCUT2D eigenvalue weighted by Crippen LogP contribution is 2.29. The number of hydrogen-bond acceptors (Lipinski definition) is 3. The van der Waals surface area contributed by atoms with Crippen molar-refractivity contribution in [1.29, 1.82) is 0 Å². The van der Waals surface area contributed by atoms with Gasteiger partial charge in [0.2, 0.25) is 0 Å². The zero-order valence-corrected chi connectivity index (χ0v) is 22.8. The van der Waals surface area contributed by atoms with E-state index in [1.165, 1.54) is 12.1 Å². The van der Waals surface area contributed by atoms with Crippen LogP contribution >= 0.6 is 0 Å². The highest BCUT2D eigenvalue weighted by molar-refractivity contribution is 5.94. The van der Waals surface area contributed by atoms with Crippen LogP contribution in [-0.2, 0) is 13.1 Å². The fourth-order valence-corrected chi connectivity index (χ4v) is 5.24. The van der Waals surface area contributed by atoms with E-state index in [0.717, 1.165) is 23.1 Å². The number of likely N-dealkylation sites (tertiary alicyclic amines) is 1. The van der Waals surface area contributed by atoms with Crippen LogP contribution in [0.15, 0.2) is 109 Å². The Morgan fingerprint density at radius 3 is 2.00 bits per heavy atom. The third kappa shape index (κ3) is 7.98. The van der Waals surface area contributed by atoms with Gasteiger partial charge in [-0.25, -0.2) is 13.2 Å². The molecule has 0 spiro atoms. The third-order valence-corrected chi connectivity index (χ3v) is 7.32. The highest BCUT2D eigenvalue weighted by Gasteiger charge is 2.33. The second-order valence-electron chi connectivity index (χ2n) is 10.6. The highest BCUT2D eigenvalue weighted by atomic mass is 19.3. The summed E-state index contributed by atoms with van der Waals surface area (Å²) in [5.41, 5.74) is 3.41. The van der Waals surface area contributed by atoms with E-state index in [1.807, 2.05) is 60.7 Å². The summed E-state index contributed by atoms with van der Waals surface area (Å²) in [6.45, 7) is 0.704. The van der Waals surface area contributed by atoms with Crippen molar-refractivity contribution < 1.29 is 22.7 Å². The van der Waals surface area contributed by atoms with E-state index in [9.17, 15) is 9.18 Å². The third-order valence-electron chi connectivity index (χ3n) is 7.32. The van der Waals surface area contributed by atoms with Crippen LogP contribution in [-0.4, -0.2) is 47.9 Å². The smallest absolute Gasteiger partial charge is 0.293 e. The summed E-state index contributed by atoms with van der Waals surface area (Å²) in [7, 11) is 0. The second kappa shape index (κ2) is 13.0. The number of carbonyl (C=O) groups is 1. The topological polar surface area (TPSA) is 32.8 Å². The molecule has 41 heavy (non-hydrogen) atoms. The maximum absolute atomic E-state index is 15.1. The van der Waals surface area contributed by atoms with Gasteiger partial charge in [0, 0.05) is 37.7 Å². The van der Waals surface area contributed by atoms with Gasteiger partial charge in [0.15, 0.2) is 6.61 Å². The Labute approximate surface area is 239 Å². The second-order valence-corrected chi connectivity index (χ2v) is 10.6.